The molecule has 0 atom stereocenters. The van der Waals surface area contributed by atoms with Crippen LogP contribution in [0.3, 0.4) is 0 Å². The highest BCUT2D eigenvalue weighted by molar-refractivity contribution is 9.10. The van der Waals surface area contributed by atoms with Crippen LogP contribution in [0.1, 0.15) is 17.3 Å². The number of rotatable bonds is 4. The van der Waals surface area contributed by atoms with Gasteiger partial charge in [-0.2, -0.15) is 4.98 Å². The van der Waals surface area contributed by atoms with Gasteiger partial charge >= 0.3 is 0 Å². The Morgan fingerprint density at radius 1 is 1.32 bits per heavy atom. The number of fused-ring (bicyclic) bond motifs is 1. The summed E-state index contributed by atoms with van der Waals surface area (Å²) in [5.74, 6) is 2.75. The van der Waals surface area contributed by atoms with E-state index in [-0.39, 0.29) is 6.79 Å². The fourth-order valence-electron chi connectivity index (χ4n) is 1.85. The van der Waals surface area contributed by atoms with Gasteiger partial charge < -0.3 is 19.3 Å². The molecule has 19 heavy (non-hydrogen) atoms. The monoisotopic (exact) mass is 325 g/mol. The van der Waals surface area contributed by atoms with E-state index in [0.29, 0.717) is 24.8 Å². The number of nitrogens with one attached hydrogen (secondary N) is 1. The first-order valence-corrected chi connectivity index (χ1v) is 6.59. The van der Waals surface area contributed by atoms with Crippen molar-refractivity contribution in [2.24, 2.45) is 0 Å². The van der Waals surface area contributed by atoms with E-state index in [4.69, 9.17) is 14.0 Å². The highest BCUT2D eigenvalue weighted by Gasteiger charge is 2.17. The second kappa shape index (κ2) is 5.18. The smallest absolute Gasteiger partial charge is 0.231 e. The number of halogens is 1. The third-order valence-electron chi connectivity index (χ3n) is 2.67. The summed E-state index contributed by atoms with van der Waals surface area (Å²) in [5.41, 5.74) is 1.09. The number of aromatic nitrogens is 2. The van der Waals surface area contributed by atoms with Gasteiger partial charge in [-0.25, -0.2) is 0 Å². The van der Waals surface area contributed by atoms with E-state index in [1.807, 2.05) is 12.1 Å². The molecule has 0 bridgehead atoms. The predicted octanol–water partition coefficient (Wildman–Crippen LogP) is 2.16. The van der Waals surface area contributed by atoms with Gasteiger partial charge in [-0.1, -0.05) is 5.16 Å². The molecule has 0 radical (unpaired) electrons. The van der Waals surface area contributed by atoms with Gasteiger partial charge in [0.15, 0.2) is 17.3 Å². The van der Waals surface area contributed by atoms with Gasteiger partial charge in [0.2, 0.25) is 12.7 Å². The minimum Gasteiger partial charge on any atom is -0.454 e. The van der Waals surface area contributed by atoms with E-state index < -0.39 is 0 Å². The lowest BCUT2D eigenvalue weighted by atomic mass is 10.2. The van der Waals surface area contributed by atoms with Crippen molar-refractivity contribution in [1.82, 2.24) is 15.5 Å². The molecule has 0 aliphatic carbocycles. The summed E-state index contributed by atoms with van der Waals surface area (Å²) in [6.45, 7) is 3.28. The number of benzene rings is 1. The van der Waals surface area contributed by atoms with Crippen LogP contribution in [-0.4, -0.2) is 16.9 Å². The molecule has 2 heterocycles. The van der Waals surface area contributed by atoms with Crippen LogP contribution in [0.25, 0.3) is 0 Å². The van der Waals surface area contributed by atoms with E-state index in [2.05, 4.69) is 31.4 Å². The molecule has 0 amide bonds. The van der Waals surface area contributed by atoms with Crippen LogP contribution in [0, 0.1) is 6.92 Å². The average molecular weight is 326 g/mol. The van der Waals surface area contributed by atoms with Gasteiger partial charge in [0, 0.05) is 13.5 Å². The lowest BCUT2D eigenvalue weighted by Gasteiger charge is -2.05. The Kier molecular flexibility index (Phi) is 3.39. The molecule has 1 aliphatic heterocycles. The molecule has 1 aliphatic rings. The first kappa shape index (κ1) is 12.4. The number of hydrogen-bond acceptors (Lipinski definition) is 6. The van der Waals surface area contributed by atoms with Crippen LogP contribution in [0.15, 0.2) is 21.1 Å². The number of aryl methyl sites for hydroxylation is 1. The Morgan fingerprint density at radius 2 is 2.21 bits per heavy atom. The Hall–Kier alpha value is -1.60. The SMILES string of the molecule is Cc1nc(CNCc2cc(Br)c3c(c2)OCO3)no1. The molecule has 0 unspecified atom stereocenters. The van der Waals surface area contributed by atoms with Crippen molar-refractivity contribution in [1.29, 1.82) is 0 Å². The maximum Gasteiger partial charge on any atom is 0.231 e. The number of nitrogens with zero attached hydrogens (tertiary/aromatic N) is 2. The fraction of sp³-hybridized carbons (Fsp3) is 0.333. The minimum absolute atomic E-state index is 0.271. The van der Waals surface area contributed by atoms with Gasteiger partial charge in [0.25, 0.3) is 0 Å². The molecule has 1 aromatic heterocycles. The van der Waals surface area contributed by atoms with Gasteiger partial charge in [-0.15, -0.1) is 0 Å². The van der Waals surface area contributed by atoms with Crippen molar-refractivity contribution < 1.29 is 14.0 Å². The predicted molar refractivity (Wildman–Crippen MR) is 69.8 cm³/mol. The van der Waals surface area contributed by atoms with Crippen molar-refractivity contribution >= 4 is 15.9 Å². The van der Waals surface area contributed by atoms with E-state index in [1.54, 1.807) is 6.92 Å². The molecule has 0 saturated heterocycles. The average Bonchev–Trinajstić information content (AvgIpc) is 2.98. The molecule has 2 aromatic rings. The Morgan fingerprint density at radius 3 is 3.00 bits per heavy atom. The third kappa shape index (κ3) is 2.71. The Bertz CT molecular complexity index is 600. The van der Waals surface area contributed by atoms with Crippen LogP contribution < -0.4 is 14.8 Å². The summed E-state index contributed by atoms with van der Waals surface area (Å²) in [4.78, 5) is 4.12. The molecule has 7 heteroatoms. The van der Waals surface area contributed by atoms with Crippen LogP contribution in [0.2, 0.25) is 0 Å². The molecule has 1 aromatic carbocycles. The van der Waals surface area contributed by atoms with Crippen molar-refractivity contribution in [3.8, 4) is 11.5 Å². The van der Waals surface area contributed by atoms with E-state index in [9.17, 15) is 0 Å². The number of hydrogen-bond donors (Lipinski definition) is 1. The van der Waals surface area contributed by atoms with E-state index in [0.717, 1.165) is 21.5 Å². The highest BCUT2D eigenvalue weighted by Crippen LogP contribution is 2.39. The first-order valence-electron chi connectivity index (χ1n) is 5.80. The van der Waals surface area contributed by atoms with Crippen molar-refractivity contribution in [3.05, 3.63) is 33.9 Å². The van der Waals surface area contributed by atoms with E-state index >= 15 is 0 Å². The first-order chi connectivity index (χ1) is 9.22. The topological polar surface area (TPSA) is 69.4 Å². The van der Waals surface area contributed by atoms with Crippen LogP contribution >= 0.6 is 15.9 Å². The molecular weight excluding hydrogens is 314 g/mol. The largest absolute Gasteiger partial charge is 0.454 e. The highest BCUT2D eigenvalue weighted by atomic mass is 79.9. The van der Waals surface area contributed by atoms with Crippen molar-refractivity contribution in [3.63, 3.8) is 0 Å². The summed E-state index contributed by atoms with van der Waals surface area (Å²) in [7, 11) is 0. The normalized spacial score (nSPS) is 12.9. The maximum absolute atomic E-state index is 5.37. The van der Waals surface area contributed by atoms with Gasteiger partial charge in [0.05, 0.1) is 11.0 Å². The summed E-state index contributed by atoms with van der Waals surface area (Å²) >= 11 is 3.47. The van der Waals surface area contributed by atoms with Crippen molar-refractivity contribution in [2.75, 3.05) is 6.79 Å². The van der Waals surface area contributed by atoms with Gasteiger partial charge in [-0.3, -0.25) is 0 Å². The maximum atomic E-state index is 5.37. The van der Waals surface area contributed by atoms with Crippen LogP contribution in [0.5, 0.6) is 11.5 Å². The minimum atomic E-state index is 0.271. The molecule has 0 spiro atoms. The second-order valence-corrected chi connectivity index (χ2v) is 5.00. The second-order valence-electron chi connectivity index (χ2n) is 4.14. The van der Waals surface area contributed by atoms with E-state index in [1.165, 1.54) is 0 Å². The van der Waals surface area contributed by atoms with Crippen molar-refractivity contribution in [2.45, 2.75) is 20.0 Å². The molecule has 1 N–H and O–H groups in total. The van der Waals surface area contributed by atoms with Gasteiger partial charge in [-0.05, 0) is 33.6 Å². The van der Waals surface area contributed by atoms with Crippen LogP contribution in [-0.2, 0) is 13.1 Å². The summed E-state index contributed by atoms with van der Waals surface area (Å²) in [6, 6.07) is 3.96. The molecule has 100 valence electrons. The summed E-state index contributed by atoms with van der Waals surface area (Å²) in [6.07, 6.45) is 0. The zero-order valence-electron chi connectivity index (χ0n) is 10.3. The standard InChI is InChI=1S/C12H12BrN3O3/c1-7-15-11(16-19-7)5-14-4-8-2-9(13)12-10(3-8)17-6-18-12/h2-3,14H,4-6H2,1H3. The Labute approximate surface area is 118 Å². The van der Waals surface area contributed by atoms with Gasteiger partial charge in [0.1, 0.15) is 0 Å². The molecular formula is C12H12BrN3O3. The van der Waals surface area contributed by atoms with Crippen LogP contribution in [0.4, 0.5) is 0 Å². The fourth-order valence-corrected chi connectivity index (χ4v) is 2.46. The lowest BCUT2D eigenvalue weighted by Crippen LogP contribution is -2.13. The quantitative estimate of drug-likeness (QED) is 0.928. The molecule has 0 fully saturated rings. The zero-order chi connectivity index (χ0) is 13.2. The summed E-state index contributed by atoms with van der Waals surface area (Å²) in [5, 5.41) is 7.07. The lowest BCUT2D eigenvalue weighted by molar-refractivity contribution is 0.173. The molecule has 0 saturated carbocycles. The Balaban J connectivity index is 1.63. The number of ether oxygens (including phenoxy) is 2. The molecule has 6 nitrogen and oxygen atoms in total. The zero-order valence-corrected chi connectivity index (χ0v) is 11.9. The summed E-state index contributed by atoms with van der Waals surface area (Å²) < 4.78 is 16.5. The molecule has 3 rings (SSSR count). The third-order valence-corrected chi connectivity index (χ3v) is 3.26.